The Kier molecular flexibility index (Phi) is 5.88. The van der Waals surface area contributed by atoms with Gasteiger partial charge in [0, 0.05) is 22.0 Å². The number of aliphatic imine (C=N–C) groups is 1. The van der Waals surface area contributed by atoms with Gasteiger partial charge < -0.3 is 9.88 Å². The predicted octanol–water partition coefficient (Wildman–Crippen LogP) is 7.33. The fourth-order valence-corrected chi connectivity index (χ4v) is 5.79. The van der Waals surface area contributed by atoms with Crippen LogP contribution in [-0.2, 0) is 0 Å². The van der Waals surface area contributed by atoms with Gasteiger partial charge in [0.2, 0.25) is 0 Å². The third kappa shape index (κ3) is 4.03. The summed E-state index contributed by atoms with van der Waals surface area (Å²) >= 11 is 0. The van der Waals surface area contributed by atoms with Gasteiger partial charge in [-0.1, -0.05) is 91.0 Å². The molecule has 0 saturated heterocycles. The van der Waals surface area contributed by atoms with E-state index in [0.717, 1.165) is 44.5 Å². The van der Waals surface area contributed by atoms with Crippen molar-refractivity contribution in [3.8, 4) is 11.8 Å². The Morgan fingerprint density at radius 3 is 2.20 bits per heavy atom. The lowest BCUT2D eigenvalue weighted by Crippen LogP contribution is -2.45. The van der Waals surface area contributed by atoms with Crippen LogP contribution in [0.2, 0.25) is 0 Å². The highest BCUT2D eigenvalue weighted by molar-refractivity contribution is 6.09. The molecule has 1 aliphatic heterocycles. The van der Waals surface area contributed by atoms with Crippen molar-refractivity contribution in [3.63, 3.8) is 0 Å². The minimum absolute atomic E-state index is 0.0415. The number of hydrogen-bond donors (Lipinski definition) is 1. The van der Waals surface area contributed by atoms with Crippen LogP contribution in [0.25, 0.3) is 27.5 Å². The second-order valence-electron chi connectivity index (χ2n) is 10.1. The first-order valence-corrected chi connectivity index (χ1v) is 13.4. The van der Waals surface area contributed by atoms with E-state index in [1.54, 1.807) is 0 Å². The molecule has 2 unspecified atom stereocenters. The standard InChI is InChI=1S/C35H27N5/c1-39-34(26-13-6-3-7-14-26)37-33(25-11-4-2-5-12-25)38-35(39)27-15-10-16-28(22-27)40-31-18-9-8-17-29(31)30-21-24(23-36)19-20-32(30)40/h2-22,34-35H,1H3,(H,37,38). The predicted molar refractivity (Wildman–Crippen MR) is 161 cm³/mol. The molecule has 1 N–H and O–H groups in total. The summed E-state index contributed by atoms with van der Waals surface area (Å²) in [6, 6.07) is 46.1. The number of benzene rings is 5. The molecular weight excluding hydrogens is 490 g/mol. The zero-order chi connectivity index (χ0) is 27.1. The normalized spacial score (nSPS) is 17.4. The highest BCUT2D eigenvalue weighted by Crippen LogP contribution is 2.36. The smallest absolute Gasteiger partial charge is 0.132 e. The van der Waals surface area contributed by atoms with E-state index in [0.29, 0.717) is 5.56 Å². The number of hydrogen-bond acceptors (Lipinski definition) is 4. The molecule has 1 aliphatic rings. The molecule has 0 fully saturated rings. The van der Waals surface area contributed by atoms with Crippen LogP contribution in [0.3, 0.4) is 0 Å². The summed E-state index contributed by atoms with van der Waals surface area (Å²) in [5.74, 6) is 0.879. The van der Waals surface area contributed by atoms with Crippen molar-refractivity contribution in [1.82, 2.24) is 14.8 Å². The fourth-order valence-electron chi connectivity index (χ4n) is 5.79. The average Bonchev–Trinajstić information content (AvgIpc) is 3.36. The molecule has 0 radical (unpaired) electrons. The van der Waals surface area contributed by atoms with Gasteiger partial charge in [-0.05, 0) is 54.6 Å². The number of rotatable bonds is 4. The molecule has 40 heavy (non-hydrogen) atoms. The first kappa shape index (κ1) is 23.9. The van der Waals surface area contributed by atoms with Crippen LogP contribution in [-0.4, -0.2) is 22.4 Å². The van der Waals surface area contributed by atoms with E-state index in [1.165, 1.54) is 5.56 Å². The molecule has 0 saturated carbocycles. The van der Waals surface area contributed by atoms with Gasteiger partial charge in [-0.15, -0.1) is 0 Å². The van der Waals surface area contributed by atoms with Crippen molar-refractivity contribution in [3.05, 3.63) is 150 Å². The number of nitriles is 1. The second-order valence-corrected chi connectivity index (χ2v) is 10.1. The van der Waals surface area contributed by atoms with Crippen molar-refractivity contribution in [2.75, 3.05) is 7.05 Å². The number of nitrogens with zero attached hydrogens (tertiary/aromatic N) is 4. The Hall–Kier alpha value is -5.18. The maximum absolute atomic E-state index is 9.53. The summed E-state index contributed by atoms with van der Waals surface area (Å²) in [5, 5.41) is 15.4. The van der Waals surface area contributed by atoms with E-state index in [2.05, 4.69) is 113 Å². The zero-order valence-electron chi connectivity index (χ0n) is 22.1. The second kappa shape index (κ2) is 9.85. The molecule has 6 aromatic rings. The van der Waals surface area contributed by atoms with Crippen molar-refractivity contribution in [2.24, 2.45) is 4.99 Å². The number of para-hydroxylation sites is 1. The molecule has 2 heterocycles. The van der Waals surface area contributed by atoms with Crippen LogP contribution in [0.15, 0.2) is 132 Å². The Balaban J connectivity index is 1.39. The van der Waals surface area contributed by atoms with Crippen LogP contribution in [0.4, 0.5) is 0 Å². The largest absolute Gasteiger partial charge is 0.350 e. The molecule has 1 aromatic heterocycles. The summed E-state index contributed by atoms with van der Waals surface area (Å²) in [6.45, 7) is 0. The number of fused-ring (bicyclic) bond motifs is 3. The van der Waals surface area contributed by atoms with Gasteiger partial charge in [-0.2, -0.15) is 5.26 Å². The van der Waals surface area contributed by atoms with Gasteiger partial charge in [0.15, 0.2) is 0 Å². The Morgan fingerprint density at radius 2 is 1.40 bits per heavy atom. The van der Waals surface area contributed by atoms with Gasteiger partial charge in [0.25, 0.3) is 0 Å². The van der Waals surface area contributed by atoms with Crippen LogP contribution in [0.1, 0.15) is 34.6 Å². The highest BCUT2D eigenvalue weighted by Gasteiger charge is 2.31. The third-order valence-corrected chi connectivity index (χ3v) is 7.71. The van der Waals surface area contributed by atoms with E-state index in [1.807, 2.05) is 42.5 Å². The van der Waals surface area contributed by atoms with E-state index in [-0.39, 0.29) is 12.3 Å². The monoisotopic (exact) mass is 517 g/mol. The minimum atomic E-state index is -0.195. The summed E-state index contributed by atoms with van der Waals surface area (Å²) in [4.78, 5) is 7.52. The molecular formula is C35H27N5. The van der Waals surface area contributed by atoms with Crippen LogP contribution >= 0.6 is 0 Å². The van der Waals surface area contributed by atoms with Gasteiger partial charge >= 0.3 is 0 Å². The maximum atomic E-state index is 9.53. The third-order valence-electron chi connectivity index (χ3n) is 7.71. The molecule has 0 aliphatic carbocycles. The van der Waals surface area contributed by atoms with E-state index < -0.39 is 0 Å². The minimum Gasteiger partial charge on any atom is -0.350 e. The SMILES string of the molecule is CN1C(c2cccc(-n3c4ccccc4c4cc(C#N)ccc43)c2)N=C(c2ccccc2)NC1c1ccccc1. The highest BCUT2D eigenvalue weighted by atomic mass is 15.4. The molecule has 5 aromatic carbocycles. The summed E-state index contributed by atoms with van der Waals surface area (Å²) < 4.78 is 2.28. The molecule has 0 spiro atoms. The van der Waals surface area contributed by atoms with Crippen LogP contribution in [0, 0.1) is 11.3 Å². The summed E-state index contributed by atoms with van der Waals surface area (Å²) in [6.07, 6.45) is -0.236. The van der Waals surface area contributed by atoms with Crippen LogP contribution in [0.5, 0.6) is 0 Å². The number of amidine groups is 1. The Labute approximate surface area is 233 Å². The van der Waals surface area contributed by atoms with Crippen molar-refractivity contribution < 1.29 is 0 Å². The molecule has 0 amide bonds. The molecule has 2 atom stereocenters. The Bertz CT molecular complexity index is 1910. The fraction of sp³-hybridized carbons (Fsp3) is 0.0857. The number of nitrogens with one attached hydrogen (secondary N) is 1. The lowest BCUT2D eigenvalue weighted by Gasteiger charge is -2.39. The Morgan fingerprint density at radius 1 is 0.700 bits per heavy atom. The quantitative estimate of drug-likeness (QED) is 0.266. The maximum Gasteiger partial charge on any atom is 0.132 e. The zero-order valence-corrected chi connectivity index (χ0v) is 22.1. The molecule has 7 rings (SSSR count). The van der Waals surface area contributed by atoms with Gasteiger partial charge in [0.1, 0.15) is 18.2 Å². The summed E-state index contributed by atoms with van der Waals surface area (Å²) in [5.41, 5.74) is 7.27. The first-order valence-electron chi connectivity index (χ1n) is 13.4. The van der Waals surface area contributed by atoms with E-state index >= 15 is 0 Å². The average molecular weight is 518 g/mol. The molecule has 192 valence electrons. The first-order chi connectivity index (χ1) is 19.7. The topological polar surface area (TPSA) is 56.4 Å². The van der Waals surface area contributed by atoms with E-state index in [9.17, 15) is 5.26 Å². The lowest BCUT2D eigenvalue weighted by atomic mass is 10.0. The molecule has 5 heteroatoms. The van der Waals surface area contributed by atoms with E-state index in [4.69, 9.17) is 4.99 Å². The van der Waals surface area contributed by atoms with Crippen molar-refractivity contribution >= 4 is 27.6 Å². The van der Waals surface area contributed by atoms with Gasteiger partial charge in [-0.25, -0.2) is 4.99 Å². The van der Waals surface area contributed by atoms with Crippen molar-refractivity contribution in [2.45, 2.75) is 12.3 Å². The van der Waals surface area contributed by atoms with Gasteiger partial charge in [-0.3, -0.25) is 4.90 Å². The lowest BCUT2D eigenvalue weighted by molar-refractivity contribution is 0.152. The molecule has 5 nitrogen and oxygen atoms in total. The van der Waals surface area contributed by atoms with Gasteiger partial charge in [0.05, 0.1) is 22.7 Å². The number of aromatic nitrogens is 1. The van der Waals surface area contributed by atoms with Crippen molar-refractivity contribution in [1.29, 1.82) is 5.26 Å². The van der Waals surface area contributed by atoms with Crippen LogP contribution < -0.4 is 5.32 Å². The molecule has 0 bridgehead atoms. The summed E-state index contributed by atoms with van der Waals surface area (Å²) in [7, 11) is 2.12.